The van der Waals surface area contributed by atoms with Gasteiger partial charge < -0.3 is 9.74 Å². The Balaban J connectivity index is 1.83. The van der Waals surface area contributed by atoms with Crippen molar-refractivity contribution in [2.75, 3.05) is 27.2 Å². The Labute approximate surface area is 129 Å². The summed E-state index contributed by atoms with van der Waals surface area (Å²) in [4.78, 5) is 7.73. The predicted octanol–water partition coefficient (Wildman–Crippen LogP) is 3.74. The van der Waals surface area contributed by atoms with E-state index in [9.17, 15) is 0 Å². The molecule has 1 aliphatic carbocycles. The molecule has 0 bridgehead atoms. The zero-order valence-corrected chi connectivity index (χ0v) is 13.4. The van der Waals surface area contributed by atoms with Gasteiger partial charge in [-0.2, -0.15) is 0 Å². The van der Waals surface area contributed by atoms with Crippen molar-refractivity contribution < 1.29 is 4.84 Å². The molecule has 0 amide bonds. The van der Waals surface area contributed by atoms with E-state index in [1.807, 2.05) is 0 Å². The molecule has 1 aromatic carbocycles. The summed E-state index contributed by atoms with van der Waals surface area (Å²) >= 11 is 0. The molecular weight excluding hydrogens is 260 g/mol. The van der Waals surface area contributed by atoms with Crippen LogP contribution in [0.5, 0.6) is 0 Å². The quantitative estimate of drug-likeness (QED) is 0.564. The van der Waals surface area contributed by atoms with Crippen LogP contribution in [-0.4, -0.2) is 37.9 Å². The van der Waals surface area contributed by atoms with E-state index in [0.29, 0.717) is 5.92 Å². The van der Waals surface area contributed by atoms with Crippen LogP contribution < -0.4 is 0 Å². The van der Waals surface area contributed by atoms with Crippen molar-refractivity contribution in [1.82, 2.24) is 4.90 Å². The molecule has 3 heteroatoms. The summed E-state index contributed by atoms with van der Waals surface area (Å²) in [5, 5.41) is 4.46. The number of nitrogens with zero attached hydrogens (tertiary/aromatic N) is 2. The highest BCUT2D eigenvalue weighted by molar-refractivity contribution is 5.87. The van der Waals surface area contributed by atoms with E-state index in [0.717, 1.165) is 32.4 Å². The van der Waals surface area contributed by atoms with Gasteiger partial charge in [-0.15, -0.1) is 0 Å². The van der Waals surface area contributed by atoms with Gasteiger partial charge in [-0.1, -0.05) is 41.9 Å². The average Bonchev–Trinajstić information content (AvgIpc) is 2.49. The fourth-order valence-electron chi connectivity index (χ4n) is 2.88. The summed E-state index contributed by atoms with van der Waals surface area (Å²) in [5.41, 5.74) is 2.68. The Morgan fingerprint density at radius 1 is 1.19 bits per heavy atom. The average molecular weight is 288 g/mol. The number of benzene rings is 1. The van der Waals surface area contributed by atoms with Crippen molar-refractivity contribution in [3.05, 3.63) is 35.9 Å². The molecule has 0 N–H and O–H groups in total. The largest absolute Gasteiger partial charge is 0.396 e. The molecule has 1 aromatic rings. The van der Waals surface area contributed by atoms with Crippen molar-refractivity contribution in [2.45, 2.75) is 38.5 Å². The van der Waals surface area contributed by atoms with Gasteiger partial charge in [-0.05, 0) is 51.8 Å². The molecule has 0 spiro atoms. The Kier molecular flexibility index (Phi) is 6.74. The second-order valence-corrected chi connectivity index (χ2v) is 6.21. The number of hydrogen-bond acceptors (Lipinski definition) is 3. The lowest BCUT2D eigenvalue weighted by Gasteiger charge is -2.23. The molecule has 21 heavy (non-hydrogen) atoms. The molecule has 1 atom stereocenters. The van der Waals surface area contributed by atoms with E-state index in [1.165, 1.54) is 30.5 Å². The third-order valence-corrected chi connectivity index (χ3v) is 4.05. The van der Waals surface area contributed by atoms with E-state index in [4.69, 9.17) is 4.84 Å². The fourth-order valence-corrected chi connectivity index (χ4v) is 2.88. The molecule has 116 valence electrons. The van der Waals surface area contributed by atoms with Crippen molar-refractivity contribution >= 4 is 5.71 Å². The van der Waals surface area contributed by atoms with E-state index < -0.39 is 0 Å². The van der Waals surface area contributed by atoms with Gasteiger partial charge in [0.05, 0.1) is 5.71 Å². The SMILES string of the molecule is CN(C)CCCON=C1CCCCC1Cc1ccccc1. The van der Waals surface area contributed by atoms with Gasteiger partial charge in [0.25, 0.3) is 0 Å². The van der Waals surface area contributed by atoms with Crippen LogP contribution in [0.25, 0.3) is 0 Å². The van der Waals surface area contributed by atoms with Crippen molar-refractivity contribution in [3.8, 4) is 0 Å². The molecular formula is C18H28N2O. The van der Waals surface area contributed by atoms with Crippen LogP contribution in [-0.2, 0) is 11.3 Å². The highest BCUT2D eigenvalue weighted by atomic mass is 16.6. The van der Waals surface area contributed by atoms with Crippen LogP contribution >= 0.6 is 0 Å². The van der Waals surface area contributed by atoms with E-state index in [-0.39, 0.29) is 0 Å². The normalized spacial score (nSPS) is 20.9. The molecule has 0 heterocycles. The second kappa shape index (κ2) is 8.83. The maximum Gasteiger partial charge on any atom is 0.118 e. The van der Waals surface area contributed by atoms with Crippen LogP contribution in [0.4, 0.5) is 0 Å². The Hall–Kier alpha value is -1.35. The van der Waals surface area contributed by atoms with Gasteiger partial charge in [0, 0.05) is 12.5 Å². The molecule has 1 aliphatic rings. The summed E-state index contributed by atoms with van der Waals surface area (Å²) in [7, 11) is 4.17. The number of rotatable bonds is 7. The van der Waals surface area contributed by atoms with Crippen LogP contribution in [0.1, 0.15) is 37.7 Å². The van der Waals surface area contributed by atoms with Gasteiger partial charge in [0.1, 0.15) is 6.61 Å². The van der Waals surface area contributed by atoms with Gasteiger partial charge in [0.15, 0.2) is 0 Å². The predicted molar refractivity (Wildman–Crippen MR) is 88.7 cm³/mol. The minimum Gasteiger partial charge on any atom is -0.396 e. The summed E-state index contributed by atoms with van der Waals surface area (Å²) in [5.74, 6) is 0.565. The minimum atomic E-state index is 0.565. The van der Waals surface area contributed by atoms with Crippen molar-refractivity contribution in [1.29, 1.82) is 0 Å². The molecule has 0 radical (unpaired) electrons. The first-order chi connectivity index (χ1) is 10.3. The van der Waals surface area contributed by atoms with Crippen LogP contribution in [0.15, 0.2) is 35.5 Å². The smallest absolute Gasteiger partial charge is 0.118 e. The first-order valence-electron chi connectivity index (χ1n) is 8.13. The lowest BCUT2D eigenvalue weighted by atomic mass is 9.83. The lowest BCUT2D eigenvalue weighted by molar-refractivity contribution is 0.132. The summed E-state index contributed by atoms with van der Waals surface area (Å²) < 4.78 is 0. The maximum atomic E-state index is 5.55. The molecule has 3 nitrogen and oxygen atoms in total. The highest BCUT2D eigenvalue weighted by Crippen LogP contribution is 2.25. The number of hydrogen-bond donors (Lipinski definition) is 0. The molecule has 0 aliphatic heterocycles. The zero-order valence-electron chi connectivity index (χ0n) is 13.4. The van der Waals surface area contributed by atoms with Crippen LogP contribution in [0, 0.1) is 5.92 Å². The topological polar surface area (TPSA) is 24.8 Å². The standard InChI is InChI=1S/C18H28N2O/c1-20(2)13-8-14-21-19-18-12-7-6-11-17(18)15-16-9-4-3-5-10-16/h3-5,9-10,17H,6-8,11-15H2,1-2H3. The molecule has 1 fully saturated rings. The van der Waals surface area contributed by atoms with Gasteiger partial charge >= 0.3 is 0 Å². The molecule has 1 saturated carbocycles. The van der Waals surface area contributed by atoms with Crippen LogP contribution in [0.2, 0.25) is 0 Å². The van der Waals surface area contributed by atoms with E-state index in [1.54, 1.807) is 0 Å². The zero-order chi connectivity index (χ0) is 14.9. The lowest BCUT2D eigenvalue weighted by Crippen LogP contribution is -2.22. The molecule has 2 rings (SSSR count). The fraction of sp³-hybridized carbons (Fsp3) is 0.611. The van der Waals surface area contributed by atoms with Gasteiger partial charge in [0.2, 0.25) is 0 Å². The first-order valence-corrected chi connectivity index (χ1v) is 8.13. The second-order valence-electron chi connectivity index (χ2n) is 6.21. The summed E-state index contributed by atoms with van der Waals surface area (Å²) in [6, 6.07) is 10.7. The third-order valence-electron chi connectivity index (χ3n) is 4.05. The minimum absolute atomic E-state index is 0.565. The molecule has 0 saturated heterocycles. The van der Waals surface area contributed by atoms with E-state index in [2.05, 4.69) is 54.5 Å². The third kappa shape index (κ3) is 5.88. The van der Waals surface area contributed by atoms with E-state index >= 15 is 0 Å². The van der Waals surface area contributed by atoms with Crippen molar-refractivity contribution in [3.63, 3.8) is 0 Å². The summed E-state index contributed by atoms with van der Waals surface area (Å²) in [6.07, 6.45) is 7.05. The highest BCUT2D eigenvalue weighted by Gasteiger charge is 2.21. The molecule has 1 unspecified atom stereocenters. The first kappa shape index (κ1) is 16.0. The monoisotopic (exact) mass is 288 g/mol. The van der Waals surface area contributed by atoms with Gasteiger partial charge in [-0.3, -0.25) is 0 Å². The number of oxime groups is 1. The Bertz CT molecular complexity index is 428. The molecule has 0 aromatic heterocycles. The van der Waals surface area contributed by atoms with Crippen molar-refractivity contribution in [2.24, 2.45) is 11.1 Å². The van der Waals surface area contributed by atoms with Gasteiger partial charge in [-0.25, -0.2) is 0 Å². The maximum absolute atomic E-state index is 5.55. The van der Waals surface area contributed by atoms with Crippen LogP contribution in [0.3, 0.4) is 0 Å². The Morgan fingerprint density at radius 2 is 2.00 bits per heavy atom. The summed E-state index contributed by atoms with van der Waals surface area (Å²) in [6.45, 7) is 1.78. The Morgan fingerprint density at radius 3 is 2.76 bits per heavy atom.